The quantitative estimate of drug-likeness (QED) is 0.824. The predicted octanol–water partition coefficient (Wildman–Crippen LogP) is 2.78. The second kappa shape index (κ2) is 6.78. The second-order valence-corrected chi connectivity index (χ2v) is 5.18. The van der Waals surface area contributed by atoms with E-state index < -0.39 is 0 Å². The van der Waals surface area contributed by atoms with E-state index in [1.54, 1.807) is 21.3 Å². The van der Waals surface area contributed by atoms with Crippen molar-refractivity contribution in [1.29, 1.82) is 0 Å². The fraction of sp³-hybridized carbons (Fsp3) is 0.600. The van der Waals surface area contributed by atoms with E-state index in [0.717, 1.165) is 23.6 Å². The number of nitrogens with one attached hydrogen (secondary N) is 1. The van der Waals surface area contributed by atoms with Crippen LogP contribution in [0.25, 0.3) is 0 Å². The normalized spacial score (nSPS) is 13.2. The van der Waals surface area contributed by atoms with Crippen molar-refractivity contribution in [3.63, 3.8) is 0 Å². The lowest BCUT2D eigenvalue weighted by molar-refractivity contribution is 0.0214. The zero-order valence-corrected chi connectivity index (χ0v) is 12.7. The SMILES string of the molecule is COc1ccc(C(C)NCC(C)(C)OC)cc1OC. The van der Waals surface area contributed by atoms with Crippen molar-refractivity contribution in [2.45, 2.75) is 32.4 Å². The van der Waals surface area contributed by atoms with Crippen LogP contribution in [0.15, 0.2) is 18.2 Å². The van der Waals surface area contributed by atoms with Crippen molar-refractivity contribution in [3.8, 4) is 11.5 Å². The Morgan fingerprint density at radius 3 is 2.26 bits per heavy atom. The summed E-state index contributed by atoms with van der Waals surface area (Å²) in [5.41, 5.74) is 0.981. The molecule has 0 aliphatic carbocycles. The van der Waals surface area contributed by atoms with Gasteiger partial charge in [0.25, 0.3) is 0 Å². The molecule has 1 aromatic carbocycles. The minimum absolute atomic E-state index is 0.176. The summed E-state index contributed by atoms with van der Waals surface area (Å²) in [6.45, 7) is 7.01. The molecule has 0 heterocycles. The highest BCUT2D eigenvalue weighted by Crippen LogP contribution is 2.29. The number of methoxy groups -OCH3 is 3. The van der Waals surface area contributed by atoms with Gasteiger partial charge in [0.1, 0.15) is 0 Å². The number of hydrogen-bond donors (Lipinski definition) is 1. The minimum Gasteiger partial charge on any atom is -0.493 e. The van der Waals surface area contributed by atoms with E-state index in [-0.39, 0.29) is 11.6 Å². The Morgan fingerprint density at radius 1 is 1.11 bits per heavy atom. The van der Waals surface area contributed by atoms with Gasteiger partial charge < -0.3 is 19.5 Å². The van der Waals surface area contributed by atoms with E-state index in [1.807, 2.05) is 18.2 Å². The maximum Gasteiger partial charge on any atom is 0.161 e. The third-order valence-electron chi connectivity index (χ3n) is 3.29. The van der Waals surface area contributed by atoms with Gasteiger partial charge in [-0.05, 0) is 38.5 Å². The van der Waals surface area contributed by atoms with Crippen LogP contribution < -0.4 is 14.8 Å². The van der Waals surface area contributed by atoms with Crippen LogP contribution in [-0.2, 0) is 4.74 Å². The fourth-order valence-electron chi connectivity index (χ4n) is 1.71. The van der Waals surface area contributed by atoms with Gasteiger partial charge in [0.15, 0.2) is 11.5 Å². The average molecular weight is 267 g/mol. The van der Waals surface area contributed by atoms with Gasteiger partial charge in [-0.2, -0.15) is 0 Å². The molecule has 1 rings (SSSR count). The van der Waals surface area contributed by atoms with Crippen LogP contribution in [0.2, 0.25) is 0 Å². The van der Waals surface area contributed by atoms with Crippen molar-refractivity contribution >= 4 is 0 Å². The molecule has 1 aromatic rings. The fourth-order valence-corrected chi connectivity index (χ4v) is 1.71. The zero-order chi connectivity index (χ0) is 14.5. The average Bonchev–Trinajstić information content (AvgIpc) is 2.44. The van der Waals surface area contributed by atoms with Gasteiger partial charge in [-0.3, -0.25) is 0 Å². The molecule has 0 saturated carbocycles. The number of ether oxygens (including phenoxy) is 3. The van der Waals surface area contributed by atoms with Crippen LogP contribution in [0.3, 0.4) is 0 Å². The molecule has 1 atom stereocenters. The lowest BCUT2D eigenvalue weighted by Crippen LogP contribution is -2.37. The van der Waals surface area contributed by atoms with Gasteiger partial charge in [0.05, 0.1) is 19.8 Å². The number of hydrogen-bond acceptors (Lipinski definition) is 4. The van der Waals surface area contributed by atoms with Crippen molar-refractivity contribution < 1.29 is 14.2 Å². The molecule has 0 amide bonds. The molecule has 0 bridgehead atoms. The first-order valence-corrected chi connectivity index (χ1v) is 6.44. The van der Waals surface area contributed by atoms with E-state index in [0.29, 0.717) is 0 Å². The molecule has 1 N–H and O–H groups in total. The summed E-state index contributed by atoms with van der Waals surface area (Å²) < 4.78 is 16.0. The standard InChI is InChI=1S/C15H25NO3/c1-11(16-10-15(2,3)19-6)12-7-8-13(17-4)14(9-12)18-5/h7-9,11,16H,10H2,1-6H3. The Bertz CT molecular complexity index is 404. The van der Waals surface area contributed by atoms with Gasteiger partial charge in [-0.15, -0.1) is 0 Å². The Labute approximate surface area is 116 Å². The summed E-state index contributed by atoms with van der Waals surface area (Å²) in [6.07, 6.45) is 0. The van der Waals surface area contributed by atoms with Crippen LogP contribution in [0.4, 0.5) is 0 Å². The van der Waals surface area contributed by atoms with Crippen LogP contribution in [0.1, 0.15) is 32.4 Å². The monoisotopic (exact) mass is 267 g/mol. The lowest BCUT2D eigenvalue weighted by atomic mass is 10.1. The van der Waals surface area contributed by atoms with Crippen molar-refractivity contribution in [3.05, 3.63) is 23.8 Å². The van der Waals surface area contributed by atoms with E-state index in [2.05, 4.69) is 26.1 Å². The molecule has 0 radical (unpaired) electrons. The van der Waals surface area contributed by atoms with E-state index >= 15 is 0 Å². The highest BCUT2D eigenvalue weighted by atomic mass is 16.5. The first-order valence-electron chi connectivity index (χ1n) is 6.44. The summed E-state index contributed by atoms with van der Waals surface area (Å²) in [7, 11) is 5.01. The predicted molar refractivity (Wildman–Crippen MR) is 77.1 cm³/mol. The van der Waals surface area contributed by atoms with Gasteiger partial charge in [-0.1, -0.05) is 6.07 Å². The Balaban J connectivity index is 2.74. The second-order valence-electron chi connectivity index (χ2n) is 5.18. The molecule has 1 unspecified atom stereocenters. The van der Waals surface area contributed by atoms with Gasteiger partial charge in [0.2, 0.25) is 0 Å². The smallest absolute Gasteiger partial charge is 0.161 e. The van der Waals surface area contributed by atoms with Crippen LogP contribution >= 0.6 is 0 Å². The van der Waals surface area contributed by atoms with Crippen LogP contribution in [0.5, 0.6) is 11.5 Å². The van der Waals surface area contributed by atoms with Crippen molar-refractivity contribution in [2.24, 2.45) is 0 Å². The first kappa shape index (κ1) is 15.8. The van der Waals surface area contributed by atoms with Gasteiger partial charge in [0, 0.05) is 19.7 Å². The highest BCUT2D eigenvalue weighted by Gasteiger charge is 2.18. The Morgan fingerprint density at radius 2 is 1.74 bits per heavy atom. The zero-order valence-electron chi connectivity index (χ0n) is 12.7. The largest absolute Gasteiger partial charge is 0.493 e. The third-order valence-corrected chi connectivity index (χ3v) is 3.29. The van der Waals surface area contributed by atoms with E-state index in [9.17, 15) is 0 Å². The Kier molecular flexibility index (Phi) is 5.63. The molecule has 0 aliphatic rings. The minimum atomic E-state index is -0.176. The molecule has 0 spiro atoms. The van der Waals surface area contributed by atoms with Gasteiger partial charge in [-0.25, -0.2) is 0 Å². The molecule has 0 saturated heterocycles. The molecule has 0 aliphatic heterocycles. The Hall–Kier alpha value is -1.26. The highest BCUT2D eigenvalue weighted by molar-refractivity contribution is 5.43. The summed E-state index contributed by atoms with van der Waals surface area (Å²) in [6, 6.07) is 6.18. The summed E-state index contributed by atoms with van der Waals surface area (Å²) in [5, 5.41) is 3.46. The molecule has 0 fully saturated rings. The molecule has 108 valence electrons. The maximum atomic E-state index is 5.40. The van der Waals surface area contributed by atoms with Crippen LogP contribution in [0, 0.1) is 0 Å². The molecule has 19 heavy (non-hydrogen) atoms. The van der Waals surface area contributed by atoms with Crippen molar-refractivity contribution in [2.75, 3.05) is 27.9 Å². The maximum absolute atomic E-state index is 5.40. The lowest BCUT2D eigenvalue weighted by Gasteiger charge is -2.26. The van der Waals surface area contributed by atoms with E-state index in [1.165, 1.54) is 0 Å². The van der Waals surface area contributed by atoms with Crippen LogP contribution in [-0.4, -0.2) is 33.5 Å². The van der Waals surface area contributed by atoms with Crippen molar-refractivity contribution in [1.82, 2.24) is 5.32 Å². The molecular formula is C15H25NO3. The summed E-state index contributed by atoms with van der Waals surface area (Å²) in [4.78, 5) is 0. The topological polar surface area (TPSA) is 39.7 Å². The third kappa shape index (κ3) is 4.40. The first-order chi connectivity index (χ1) is 8.93. The molecule has 4 heteroatoms. The number of rotatable bonds is 7. The summed E-state index contributed by atoms with van der Waals surface area (Å²) >= 11 is 0. The van der Waals surface area contributed by atoms with Gasteiger partial charge >= 0.3 is 0 Å². The molecular weight excluding hydrogens is 242 g/mol. The molecule has 0 aromatic heterocycles. The van der Waals surface area contributed by atoms with E-state index in [4.69, 9.17) is 14.2 Å². The number of benzene rings is 1. The summed E-state index contributed by atoms with van der Waals surface area (Å²) in [5.74, 6) is 1.50. The molecule has 4 nitrogen and oxygen atoms in total.